The molecule has 1 rings (SSSR count). The second kappa shape index (κ2) is 6.39. The molecule has 0 spiro atoms. The molecule has 0 fully saturated rings. The number of halogens is 1. The third-order valence-electron chi connectivity index (χ3n) is 1.47. The predicted octanol–water partition coefficient (Wildman–Crippen LogP) is 0.784. The van der Waals surface area contributed by atoms with Gasteiger partial charge in [0.2, 0.25) is 0 Å². The fraction of sp³-hybridized carbons (Fsp3) is 0.500. The average Bonchev–Trinajstić information content (AvgIpc) is 2.45. The van der Waals surface area contributed by atoms with E-state index in [0.29, 0.717) is 13.0 Å². The lowest BCUT2D eigenvalue weighted by Crippen LogP contribution is -2.09. The summed E-state index contributed by atoms with van der Waals surface area (Å²) in [6.07, 6.45) is 2.41. The van der Waals surface area contributed by atoms with E-state index in [1.165, 1.54) is 0 Å². The molecule has 5 nitrogen and oxygen atoms in total. The number of rotatable bonds is 5. The Morgan fingerprint density at radius 1 is 1.71 bits per heavy atom. The highest BCUT2D eigenvalue weighted by molar-refractivity contribution is 5.85. The fourth-order valence-electron chi connectivity index (χ4n) is 0.922. The lowest BCUT2D eigenvalue weighted by atomic mass is 10.4. The van der Waals surface area contributed by atoms with E-state index in [9.17, 15) is 4.79 Å². The van der Waals surface area contributed by atoms with Gasteiger partial charge in [0.05, 0.1) is 12.3 Å². The van der Waals surface area contributed by atoms with Gasteiger partial charge in [0.25, 0.3) is 0 Å². The van der Waals surface area contributed by atoms with E-state index < -0.39 is 5.97 Å². The number of aryl methyl sites for hydroxylation is 1. The molecule has 14 heavy (non-hydrogen) atoms. The van der Waals surface area contributed by atoms with E-state index in [0.717, 1.165) is 11.5 Å². The van der Waals surface area contributed by atoms with Gasteiger partial charge in [-0.2, -0.15) is 0 Å². The fourth-order valence-corrected chi connectivity index (χ4v) is 0.922. The first-order chi connectivity index (χ1) is 6.18. The van der Waals surface area contributed by atoms with E-state index >= 15 is 0 Å². The third kappa shape index (κ3) is 4.84. The molecule has 2 N–H and O–H groups in total. The van der Waals surface area contributed by atoms with Crippen molar-refractivity contribution < 1.29 is 14.6 Å². The van der Waals surface area contributed by atoms with Crippen molar-refractivity contribution in [3.05, 3.63) is 17.7 Å². The minimum absolute atomic E-state index is 0. The van der Waals surface area contributed by atoms with Crippen LogP contribution in [-0.4, -0.2) is 34.3 Å². The maximum atomic E-state index is 10.1. The minimum atomic E-state index is -0.948. The highest BCUT2D eigenvalue weighted by Gasteiger charge is 1.99. The Morgan fingerprint density at radius 3 is 2.93 bits per heavy atom. The number of imidazole rings is 1. The maximum Gasteiger partial charge on any atom is 0.329 e. The van der Waals surface area contributed by atoms with Gasteiger partial charge in [-0.1, -0.05) is 0 Å². The molecule has 0 aliphatic carbocycles. The Morgan fingerprint density at radius 2 is 2.43 bits per heavy atom. The largest absolute Gasteiger partial charge is 0.480 e. The summed E-state index contributed by atoms with van der Waals surface area (Å²) in [7, 11) is 0. The van der Waals surface area contributed by atoms with Crippen LogP contribution in [0.15, 0.2) is 6.20 Å². The summed E-state index contributed by atoms with van der Waals surface area (Å²) < 4.78 is 4.85. The van der Waals surface area contributed by atoms with Gasteiger partial charge in [-0.15, -0.1) is 12.4 Å². The number of H-pyrrole nitrogens is 1. The first kappa shape index (κ1) is 12.9. The SMILES string of the molecule is Cc1c[nH]c(CCOCC(=O)O)n1.Cl. The van der Waals surface area contributed by atoms with Crippen molar-refractivity contribution in [2.45, 2.75) is 13.3 Å². The molecule has 0 aliphatic heterocycles. The van der Waals surface area contributed by atoms with Crippen molar-refractivity contribution in [2.24, 2.45) is 0 Å². The monoisotopic (exact) mass is 220 g/mol. The van der Waals surface area contributed by atoms with E-state index in [2.05, 4.69) is 9.97 Å². The summed E-state index contributed by atoms with van der Waals surface area (Å²) >= 11 is 0. The van der Waals surface area contributed by atoms with Gasteiger partial charge in [0.1, 0.15) is 12.4 Å². The number of aromatic nitrogens is 2. The minimum Gasteiger partial charge on any atom is -0.480 e. The molecule has 0 atom stereocenters. The average molecular weight is 221 g/mol. The molecular weight excluding hydrogens is 208 g/mol. The molecule has 0 unspecified atom stereocenters. The Bertz CT molecular complexity index is 288. The number of nitrogens with one attached hydrogen (secondary N) is 1. The number of hydrogen-bond acceptors (Lipinski definition) is 3. The molecular formula is C8H13ClN2O3. The Balaban J connectivity index is 0.00000169. The highest BCUT2D eigenvalue weighted by atomic mass is 35.5. The summed E-state index contributed by atoms with van der Waals surface area (Å²) in [5.74, 6) is -0.126. The van der Waals surface area contributed by atoms with Gasteiger partial charge in [-0.05, 0) is 6.92 Å². The number of carbonyl (C=O) groups is 1. The lowest BCUT2D eigenvalue weighted by Gasteiger charge is -1.97. The van der Waals surface area contributed by atoms with Gasteiger partial charge in [-0.3, -0.25) is 0 Å². The number of nitrogens with zero attached hydrogens (tertiary/aromatic N) is 1. The number of hydrogen-bond donors (Lipinski definition) is 2. The zero-order chi connectivity index (χ0) is 9.68. The second-order valence-electron chi connectivity index (χ2n) is 2.68. The standard InChI is InChI=1S/C8H12N2O3.ClH/c1-6-4-9-7(10-6)2-3-13-5-8(11)12;/h4H,2-3,5H2,1H3,(H,9,10)(H,11,12);1H. The Hall–Kier alpha value is -1.07. The van der Waals surface area contributed by atoms with Crippen molar-refractivity contribution in [2.75, 3.05) is 13.2 Å². The van der Waals surface area contributed by atoms with Gasteiger partial charge in [0.15, 0.2) is 0 Å². The van der Waals surface area contributed by atoms with Gasteiger partial charge in [-0.25, -0.2) is 9.78 Å². The summed E-state index contributed by atoms with van der Waals surface area (Å²) in [6, 6.07) is 0. The van der Waals surface area contributed by atoms with Crippen molar-refractivity contribution in [1.29, 1.82) is 0 Å². The molecule has 0 saturated heterocycles. The molecule has 1 heterocycles. The van der Waals surface area contributed by atoms with E-state index in [1.54, 1.807) is 6.20 Å². The van der Waals surface area contributed by atoms with Crippen molar-refractivity contribution >= 4 is 18.4 Å². The number of carboxylic acid groups (broad SMARTS) is 1. The number of aliphatic carboxylic acids is 1. The van der Waals surface area contributed by atoms with Crippen LogP contribution < -0.4 is 0 Å². The van der Waals surface area contributed by atoms with Crippen LogP contribution >= 0.6 is 12.4 Å². The summed E-state index contributed by atoms with van der Waals surface area (Å²) in [6.45, 7) is 2.01. The van der Waals surface area contributed by atoms with E-state index in [-0.39, 0.29) is 19.0 Å². The van der Waals surface area contributed by atoms with Crippen LogP contribution in [0.4, 0.5) is 0 Å². The van der Waals surface area contributed by atoms with Crippen LogP contribution in [0.5, 0.6) is 0 Å². The zero-order valence-electron chi connectivity index (χ0n) is 7.82. The van der Waals surface area contributed by atoms with Gasteiger partial charge in [0, 0.05) is 12.6 Å². The molecule has 0 radical (unpaired) electrons. The van der Waals surface area contributed by atoms with Crippen LogP contribution in [0.2, 0.25) is 0 Å². The molecule has 1 aromatic rings. The number of aromatic amines is 1. The maximum absolute atomic E-state index is 10.1. The Kier molecular flexibility index (Phi) is 5.91. The van der Waals surface area contributed by atoms with Crippen molar-refractivity contribution in [3.63, 3.8) is 0 Å². The summed E-state index contributed by atoms with van der Waals surface area (Å²) in [4.78, 5) is 17.2. The molecule has 1 aromatic heterocycles. The molecule has 0 amide bonds. The number of ether oxygens (including phenoxy) is 1. The van der Waals surface area contributed by atoms with Crippen molar-refractivity contribution in [3.8, 4) is 0 Å². The van der Waals surface area contributed by atoms with E-state index in [1.807, 2.05) is 6.92 Å². The summed E-state index contributed by atoms with van der Waals surface area (Å²) in [5, 5.41) is 8.27. The van der Waals surface area contributed by atoms with Crippen LogP contribution in [0.25, 0.3) is 0 Å². The molecule has 0 bridgehead atoms. The highest BCUT2D eigenvalue weighted by Crippen LogP contribution is 1.95. The van der Waals surface area contributed by atoms with Crippen LogP contribution in [0.3, 0.4) is 0 Å². The first-order valence-corrected chi connectivity index (χ1v) is 3.99. The molecule has 0 saturated carbocycles. The van der Waals surface area contributed by atoms with Crippen LogP contribution in [0.1, 0.15) is 11.5 Å². The summed E-state index contributed by atoms with van der Waals surface area (Å²) in [5.41, 5.74) is 0.924. The van der Waals surface area contributed by atoms with Gasteiger partial charge >= 0.3 is 5.97 Å². The van der Waals surface area contributed by atoms with E-state index in [4.69, 9.17) is 9.84 Å². The predicted molar refractivity (Wildman–Crippen MR) is 52.7 cm³/mol. The third-order valence-corrected chi connectivity index (χ3v) is 1.47. The molecule has 0 aromatic carbocycles. The normalized spacial score (nSPS) is 9.50. The van der Waals surface area contributed by atoms with Crippen LogP contribution in [-0.2, 0) is 16.0 Å². The molecule has 0 aliphatic rings. The number of carboxylic acids is 1. The Labute approximate surface area is 87.9 Å². The quantitative estimate of drug-likeness (QED) is 0.720. The lowest BCUT2D eigenvalue weighted by molar-refractivity contribution is -0.142. The second-order valence-corrected chi connectivity index (χ2v) is 2.68. The first-order valence-electron chi connectivity index (χ1n) is 3.99. The smallest absolute Gasteiger partial charge is 0.329 e. The van der Waals surface area contributed by atoms with Gasteiger partial charge < -0.3 is 14.8 Å². The molecule has 80 valence electrons. The molecule has 6 heteroatoms. The van der Waals surface area contributed by atoms with Crippen molar-refractivity contribution in [1.82, 2.24) is 9.97 Å². The zero-order valence-corrected chi connectivity index (χ0v) is 8.63. The topological polar surface area (TPSA) is 75.2 Å². The van der Waals surface area contributed by atoms with Crippen LogP contribution in [0, 0.1) is 6.92 Å².